The van der Waals surface area contributed by atoms with Gasteiger partial charge in [0.2, 0.25) is 0 Å². The first-order chi connectivity index (χ1) is 5.93. The summed E-state index contributed by atoms with van der Waals surface area (Å²) < 4.78 is 0. The van der Waals surface area contributed by atoms with Gasteiger partial charge in [-0.1, -0.05) is 0 Å². The van der Waals surface area contributed by atoms with Crippen LogP contribution in [0.25, 0.3) is 0 Å². The van der Waals surface area contributed by atoms with Crippen LogP contribution in [-0.2, 0) is 14.4 Å². The number of hydrogen-bond acceptors (Lipinski definition) is 6. The van der Waals surface area contributed by atoms with Crippen molar-refractivity contribution >= 4 is 17.9 Å². The van der Waals surface area contributed by atoms with Gasteiger partial charge in [0.25, 0.3) is 0 Å². The number of rotatable bonds is 6. The summed E-state index contributed by atoms with van der Waals surface area (Å²) in [7, 11) is 0. The maximum Gasteiger partial charge on any atom is 1.00 e. The van der Waals surface area contributed by atoms with Crippen molar-refractivity contribution in [1.29, 1.82) is 0 Å². The zero-order valence-corrected chi connectivity index (χ0v) is 15.6. The van der Waals surface area contributed by atoms with Crippen LogP contribution in [0, 0.1) is 5.92 Å². The van der Waals surface area contributed by atoms with Crippen molar-refractivity contribution in [1.82, 2.24) is 0 Å². The molecular weight excluding hydrogens is 249 g/mol. The van der Waals surface area contributed by atoms with Gasteiger partial charge in [-0.05, 0) is 19.3 Å². The van der Waals surface area contributed by atoms with Crippen LogP contribution in [0.15, 0.2) is 0 Å². The summed E-state index contributed by atoms with van der Waals surface area (Å²) in [6, 6.07) is 0. The van der Waals surface area contributed by atoms with Crippen LogP contribution >= 0.6 is 0 Å². The van der Waals surface area contributed by atoms with E-state index in [0.717, 1.165) is 0 Å². The second kappa shape index (κ2) is 14.5. The Bertz CT molecular complexity index is 232. The van der Waals surface area contributed by atoms with E-state index >= 15 is 0 Å². The van der Waals surface area contributed by atoms with E-state index in [9.17, 15) is 29.7 Å². The molecule has 1 atom stereocenters. The summed E-state index contributed by atoms with van der Waals surface area (Å²) in [6.45, 7) is 0. The first kappa shape index (κ1) is 26.1. The standard InChI is InChI=1S/C7H10O6.3Na/c8-5(9)2-1-4(7(12)13)3-6(10)11;;;/h4H,1-3H2,(H,8,9)(H,10,11)(H,12,13);;;/q;3*+1/p-3. The van der Waals surface area contributed by atoms with Crippen LogP contribution in [0.5, 0.6) is 0 Å². The van der Waals surface area contributed by atoms with E-state index < -0.39 is 36.7 Å². The smallest absolute Gasteiger partial charge is 0.550 e. The topological polar surface area (TPSA) is 120 Å². The minimum atomic E-state index is -1.59. The number of carboxylic acids is 3. The molecule has 0 aromatic heterocycles. The number of hydrogen-bond donors (Lipinski definition) is 0. The van der Waals surface area contributed by atoms with Gasteiger partial charge in [-0.25, -0.2) is 0 Å². The first-order valence-corrected chi connectivity index (χ1v) is 3.54. The van der Waals surface area contributed by atoms with Crippen molar-refractivity contribution < 1.29 is 118 Å². The van der Waals surface area contributed by atoms with Crippen LogP contribution in [-0.4, -0.2) is 17.9 Å². The maximum atomic E-state index is 10.2. The molecule has 9 heteroatoms. The molecule has 0 amide bonds. The van der Waals surface area contributed by atoms with Crippen molar-refractivity contribution in [3.8, 4) is 0 Å². The van der Waals surface area contributed by atoms with E-state index in [1.54, 1.807) is 0 Å². The molecule has 1 unspecified atom stereocenters. The summed E-state index contributed by atoms with van der Waals surface area (Å²) in [4.78, 5) is 30.2. The Morgan fingerprint density at radius 2 is 1.31 bits per heavy atom. The van der Waals surface area contributed by atoms with E-state index in [4.69, 9.17) is 0 Å². The fourth-order valence-corrected chi connectivity index (χ4v) is 0.797. The molecule has 0 bridgehead atoms. The summed E-state index contributed by atoms with van der Waals surface area (Å²) in [5, 5.41) is 30.2. The minimum Gasteiger partial charge on any atom is -0.550 e. The van der Waals surface area contributed by atoms with E-state index in [1.807, 2.05) is 0 Å². The van der Waals surface area contributed by atoms with E-state index in [-0.39, 0.29) is 95.1 Å². The van der Waals surface area contributed by atoms with Crippen molar-refractivity contribution in [3.05, 3.63) is 0 Å². The SMILES string of the molecule is O=C([O-])CCC(CC(=O)[O-])C(=O)[O-].[Na+].[Na+].[Na+]. The predicted octanol–water partition coefficient (Wildman–Crippen LogP) is -13.0. The number of carbonyl (C=O) groups is 3. The normalized spacial score (nSPS) is 9.75. The zero-order chi connectivity index (χ0) is 10.4. The van der Waals surface area contributed by atoms with Gasteiger partial charge in [0.1, 0.15) is 0 Å². The number of aliphatic carboxylic acids is 3. The van der Waals surface area contributed by atoms with Gasteiger partial charge in [-0.15, -0.1) is 0 Å². The van der Waals surface area contributed by atoms with Crippen molar-refractivity contribution in [2.45, 2.75) is 19.3 Å². The molecule has 0 saturated carbocycles. The van der Waals surface area contributed by atoms with E-state index in [0.29, 0.717) is 0 Å². The van der Waals surface area contributed by atoms with Gasteiger partial charge >= 0.3 is 88.7 Å². The second-order valence-corrected chi connectivity index (χ2v) is 2.50. The summed E-state index contributed by atoms with van der Waals surface area (Å²) in [5.41, 5.74) is 0. The molecule has 0 fully saturated rings. The average Bonchev–Trinajstić information content (AvgIpc) is 1.96. The summed E-state index contributed by atoms with van der Waals surface area (Å²) in [6.07, 6.45) is -1.57. The molecule has 74 valence electrons. The fraction of sp³-hybridized carbons (Fsp3) is 0.571. The fourth-order valence-electron chi connectivity index (χ4n) is 0.797. The first-order valence-electron chi connectivity index (χ1n) is 3.54. The molecule has 0 rings (SSSR count). The third-order valence-corrected chi connectivity index (χ3v) is 1.44. The van der Waals surface area contributed by atoms with Gasteiger partial charge in [-0.3, -0.25) is 0 Å². The zero-order valence-electron chi connectivity index (χ0n) is 9.65. The van der Waals surface area contributed by atoms with Gasteiger partial charge in [0, 0.05) is 23.8 Å². The Morgan fingerprint density at radius 3 is 1.56 bits per heavy atom. The molecule has 0 saturated heterocycles. The number of carboxylic acid groups (broad SMARTS) is 3. The largest absolute Gasteiger partial charge is 1.00 e. The Labute approximate surface area is 159 Å². The van der Waals surface area contributed by atoms with Crippen LogP contribution in [0.3, 0.4) is 0 Å². The third-order valence-electron chi connectivity index (χ3n) is 1.44. The molecule has 0 N–H and O–H groups in total. The molecule has 0 spiro atoms. The predicted molar refractivity (Wildman–Crippen MR) is 32.4 cm³/mol. The van der Waals surface area contributed by atoms with Crippen LogP contribution in [0.2, 0.25) is 0 Å². The van der Waals surface area contributed by atoms with Crippen LogP contribution in [0.1, 0.15) is 19.3 Å². The molecule has 0 heterocycles. The second-order valence-electron chi connectivity index (χ2n) is 2.50. The van der Waals surface area contributed by atoms with Gasteiger partial charge < -0.3 is 29.7 Å². The monoisotopic (exact) mass is 256 g/mol. The van der Waals surface area contributed by atoms with Crippen LogP contribution < -0.4 is 104 Å². The molecule has 0 radical (unpaired) electrons. The summed E-state index contributed by atoms with van der Waals surface area (Å²) >= 11 is 0. The molecule has 0 aromatic rings. The molecular formula is C7H7Na3O6. The Kier molecular flexibility index (Phi) is 23.6. The van der Waals surface area contributed by atoms with Crippen LogP contribution in [0.4, 0.5) is 0 Å². The molecule has 0 aliphatic carbocycles. The Morgan fingerprint density at radius 1 is 0.875 bits per heavy atom. The van der Waals surface area contributed by atoms with E-state index in [2.05, 4.69) is 0 Å². The average molecular weight is 256 g/mol. The van der Waals surface area contributed by atoms with Crippen molar-refractivity contribution in [2.24, 2.45) is 5.92 Å². The molecule has 0 aliphatic heterocycles. The molecule has 6 nitrogen and oxygen atoms in total. The van der Waals surface area contributed by atoms with Gasteiger partial charge in [0.05, 0.1) is 0 Å². The van der Waals surface area contributed by atoms with Crippen molar-refractivity contribution in [2.75, 3.05) is 0 Å². The van der Waals surface area contributed by atoms with Crippen molar-refractivity contribution in [3.63, 3.8) is 0 Å². The maximum absolute atomic E-state index is 10.2. The molecule has 0 aromatic carbocycles. The Balaban J connectivity index is -0.000000240. The third kappa shape index (κ3) is 15.4. The van der Waals surface area contributed by atoms with Gasteiger partial charge in [-0.2, -0.15) is 0 Å². The number of carbonyl (C=O) groups excluding carboxylic acids is 3. The Hall–Kier alpha value is 1.41. The summed E-state index contributed by atoms with van der Waals surface area (Å²) in [5.74, 6) is -5.90. The van der Waals surface area contributed by atoms with E-state index in [1.165, 1.54) is 0 Å². The van der Waals surface area contributed by atoms with Gasteiger partial charge in [0.15, 0.2) is 0 Å². The molecule has 0 aliphatic rings. The minimum absolute atomic E-state index is 0. The quantitative estimate of drug-likeness (QED) is 0.435. The molecule has 16 heavy (non-hydrogen) atoms.